The molecule has 154 valence electrons. The van der Waals surface area contributed by atoms with Gasteiger partial charge in [0.25, 0.3) is 5.91 Å². The van der Waals surface area contributed by atoms with E-state index in [1.165, 1.54) is 18.0 Å². The van der Waals surface area contributed by atoms with E-state index in [-0.39, 0.29) is 29.2 Å². The van der Waals surface area contributed by atoms with Crippen LogP contribution in [0.3, 0.4) is 0 Å². The summed E-state index contributed by atoms with van der Waals surface area (Å²) in [6.45, 7) is 5.15. The maximum absolute atomic E-state index is 11.7. The fourth-order valence-electron chi connectivity index (χ4n) is 2.54. The number of carbonyl (C=O) groups excluding carboxylic acids is 3. The van der Waals surface area contributed by atoms with Gasteiger partial charge in [0.1, 0.15) is 11.9 Å². The lowest BCUT2D eigenvalue weighted by Gasteiger charge is -2.20. The Morgan fingerprint density at radius 3 is 2.21 bits per heavy atom. The number of carbonyl (C=O) groups is 3. The summed E-state index contributed by atoms with van der Waals surface area (Å²) in [7, 11) is 1.67. The lowest BCUT2D eigenvalue weighted by molar-refractivity contribution is -0.119. The van der Waals surface area contributed by atoms with Crippen molar-refractivity contribution in [3.05, 3.63) is 36.2 Å². The number of amides is 3. The van der Waals surface area contributed by atoms with Crippen molar-refractivity contribution in [1.82, 2.24) is 9.97 Å². The van der Waals surface area contributed by atoms with Crippen LogP contribution in [0.5, 0.6) is 0 Å². The molecule has 29 heavy (non-hydrogen) atoms. The van der Waals surface area contributed by atoms with E-state index in [4.69, 9.17) is 11.5 Å². The van der Waals surface area contributed by atoms with Crippen molar-refractivity contribution in [1.29, 1.82) is 0 Å². The predicted octanol–water partition coefficient (Wildman–Crippen LogP) is 1.22. The molecule has 0 radical (unpaired) electrons. The van der Waals surface area contributed by atoms with Crippen LogP contribution in [0.15, 0.2) is 30.5 Å². The maximum Gasteiger partial charge on any atom is 0.271 e. The van der Waals surface area contributed by atoms with E-state index in [0.29, 0.717) is 11.4 Å². The van der Waals surface area contributed by atoms with Gasteiger partial charge in [0, 0.05) is 25.3 Å². The number of benzene rings is 1. The van der Waals surface area contributed by atoms with Gasteiger partial charge < -0.3 is 27.0 Å². The number of nitrogens with two attached hydrogens (primary N) is 2. The highest BCUT2D eigenvalue weighted by atomic mass is 16.2. The van der Waals surface area contributed by atoms with Crippen molar-refractivity contribution in [3.8, 4) is 0 Å². The zero-order chi connectivity index (χ0) is 21.7. The topological polar surface area (TPSA) is 156 Å². The smallest absolute Gasteiger partial charge is 0.271 e. The zero-order valence-electron chi connectivity index (χ0n) is 16.8. The fraction of sp³-hybridized carbons (Fsp3) is 0.316. The van der Waals surface area contributed by atoms with E-state index < -0.39 is 17.9 Å². The van der Waals surface area contributed by atoms with E-state index >= 15 is 0 Å². The predicted molar refractivity (Wildman–Crippen MR) is 111 cm³/mol. The minimum absolute atomic E-state index is 0.0550. The van der Waals surface area contributed by atoms with Crippen LogP contribution in [0.4, 0.5) is 23.0 Å². The summed E-state index contributed by atoms with van der Waals surface area (Å²) < 4.78 is 0. The van der Waals surface area contributed by atoms with Gasteiger partial charge in [0.2, 0.25) is 11.8 Å². The first kappa shape index (κ1) is 21.6. The monoisotopic (exact) mass is 399 g/mol. The normalized spacial score (nSPS) is 11.6. The van der Waals surface area contributed by atoms with E-state index in [2.05, 4.69) is 20.6 Å². The van der Waals surface area contributed by atoms with Crippen molar-refractivity contribution in [3.63, 3.8) is 0 Å². The zero-order valence-corrected chi connectivity index (χ0v) is 16.8. The van der Waals surface area contributed by atoms with Gasteiger partial charge in [-0.25, -0.2) is 9.97 Å². The average Bonchev–Trinajstić information content (AvgIpc) is 2.65. The van der Waals surface area contributed by atoms with Gasteiger partial charge in [-0.1, -0.05) is 13.8 Å². The van der Waals surface area contributed by atoms with Crippen LogP contribution in [0, 0.1) is 5.92 Å². The molecule has 6 N–H and O–H groups in total. The molecule has 0 spiro atoms. The molecule has 0 saturated carbocycles. The molecular formula is C19H25N7O3. The Hall–Kier alpha value is -3.69. The fourth-order valence-corrected chi connectivity index (χ4v) is 2.54. The van der Waals surface area contributed by atoms with E-state index in [1.54, 1.807) is 31.3 Å². The number of hydrogen-bond acceptors (Lipinski definition) is 7. The number of aromatic nitrogens is 2. The number of rotatable bonds is 8. The minimum Gasteiger partial charge on any atom is -0.368 e. The molecule has 10 heteroatoms. The molecule has 0 aliphatic carbocycles. The molecule has 2 rings (SSSR count). The maximum atomic E-state index is 11.7. The molecular weight excluding hydrogens is 374 g/mol. The largest absolute Gasteiger partial charge is 0.368 e. The van der Waals surface area contributed by atoms with Gasteiger partial charge in [0.15, 0.2) is 11.5 Å². The second-order valence-corrected chi connectivity index (χ2v) is 6.84. The molecule has 3 amide bonds. The molecule has 0 bridgehead atoms. The van der Waals surface area contributed by atoms with E-state index in [1.807, 2.05) is 13.8 Å². The Labute approximate surface area is 168 Å². The molecule has 10 nitrogen and oxygen atoms in total. The highest BCUT2D eigenvalue weighted by Crippen LogP contribution is 2.23. The lowest BCUT2D eigenvalue weighted by Crippen LogP contribution is -2.39. The number of primary amides is 2. The molecule has 1 aromatic heterocycles. The summed E-state index contributed by atoms with van der Waals surface area (Å²) in [5, 5.41) is 5.91. The SMILES string of the molecule is CC(=O)N(C)c1ccc(Nc2nc(N[C@@H](C(N)=O)C(C)C)cnc2C(N)=O)cc1. The lowest BCUT2D eigenvalue weighted by atomic mass is 10.0. The highest BCUT2D eigenvalue weighted by Gasteiger charge is 2.21. The molecule has 1 aromatic carbocycles. The standard InChI is InChI=1S/C19H25N7O3/c1-10(2)15(17(20)28)24-14-9-22-16(18(21)29)19(25-14)23-12-5-7-13(8-6-12)26(4)11(3)27/h5-10,15H,1-4H3,(H2,20,28)(H2,21,29)(H2,23,24,25)/t15-/m1/s1. The molecule has 0 aliphatic heterocycles. The third-order valence-electron chi connectivity index (χ3n) is 4.27. The van der Waals surface area contributed by atoms with Gasteiger partial charge in [-0.2, -0.15) is 0 Å². The number of nitrogens with one attached hydrogen (secondary N) is 2. The van der Waals surface area contributed by atoms with Crippen molar-refractivity contribution >= 4 is 40.7 Å². The van der Waals surface area contributed by atoms with Crippen molar-refractivity contribution < 1.29 is 14.4 Å². The third kappa shape index (κ3) is 5.41. The summed E-state index contributed by atoms with van der Waals surface area (Å²) in [6, 6.07) is 6.28. The Bertz CT molecular complexity index is 913. The van der Waals surface area contributed by atoms with E-state index in [9.17, 15) is 14.4 Å². The van der Waals surface area contributed by atoms with Gasteiger partial charge in [-0.15, -0.1) is 0 Å². The van der Waals surface area contributed by atoms with Crippen molar-refractivity contribution in [2.45, 2.75) is 26.8 Å². The molecule has 0 aliphatic rings. The van der Waals surface area contributed by atoms with Crippen LogP contribution in [-0.4, -0.2) is 40.8 Å². The quantitative estimate of drug-likeness (QED) is 0.520. The van der Waals surface area contributed by atoms with Gasteiger partial charge in [-0.05, 0) is 30.2 Å². The van der Waals surface area contributed by atoms with Gasteiger partial charge >= 0.3 is 0 Å². The van der Waals surface area contributed by atoms with Crippen LogP contribution >= 0.6 is 0 Å². The molecule has 0 unspecified atom stereocenters. The first-order valence-corrected chi connectivity index (χ1v) is 8.94. The van der Waals surface area contributed by atoms with Gasteiger partial charge in [0.05, 0.1) is 6.20 Å². The van der Waals surface area contributed by atoms with Crippen molar-refractivity contribution in [2.24, 2.45) is 17.4 Å². The van der Waals surface area contributed by atoms with Crippen LogP contribution in [0.1, 0.15) is 31.3 Å². The summed E-state index contributed by atoms with van der Waals surface area (Å²) in [4.78, 5) is 44.7. The molecule has 2 aromatic rings. The average molecular weight is 399 g/mol. The second kappa shape index (κ2) is 9.00. The number of nitrogens with zero attached hydrogens (tertiary/aromatic N) is 3. The highest BCUT2D eigenvalue weighted by molar-refractivity contribution is 5.96. The first-order chi connectivity index (χ1) is 13.6. The Kier molecular flexibility index (Phi) is 6.71. The summed E-state index contributed by atoms with van der Waals surface area (Å²) in [5.41, 5.74) is 12.1. The minimum atomic E-state index is -0.755. The number of hydrogen-bond donors (Lipinski definition) is 4. The summed E-state index contributed by atoms with van der Waals surface area (Å²) in [6.07, 6.45) is 1.31. The summed E-state index contributed by atoms with van der Waals surface area (Å²) >= 11 is 0. The molecule has 0 fully saturated rings. The van der Waals surface area contributed by atoms with Crippen LogP contribution in [-0.2, 0) is 9.59 Å². The van der Waals surface area contributed by atoms with Crippen LogP contribution < -0.4 is 27.0 Å². The van der Waals surface area contributed by atoms with Crippen molar-refractivity contribution in [2.75, 3.05) is 22.6 Å². The Morgan fingerprint density at radius 1 is 1.10 bits per heavy atom. The Balaban J connectivity index is 2.31. The van der Waals surface area contributed by atoms with Crippen LogP contribution in [0.25, 0.3) is 0 Å². The second-order valence-electron chi connectivity index (χ2n) is 6.84. The molecule has 1 atom stereocenters. The third-order valence-corrected chi connectivity index (χ3v) is 4.27. The van der Waals surface area contributed by atoms with Crippen LogP contribution in [0.2, 0.25) is 0 Å². The Morgan fingerprint density at radius 2 is 1.72 bits per heavy atom. The molecule has 1 heterocycles. The molecule has 0 saturated heterocycles. The first-order valence-electron chi connectivity index (χ1n) is 8.94. The summed E-state index contributed by atoms with van der Waals surface area (Å²) in [5.74, 6) is -1.06. The van der Waals surface area contributed by atoms with Gasteiger partial charge in [-0.3, -0.25) is 14.4 Å². The van der Waals surface area contributed by atoms with E-state index in [0.717, 1.165) is 0 Å². The number of anilines is 4.